The van der Waals surface area contributed by atoms with Gasteiger partial charge in [-0.15, -0.1) is 0 Å². The number of methoxy groups -OCH3 is 2. The Hall–Kier alpha value is -1.69. The van der Waals surface area contributed by atoms with E-state index >= 15 is 0 Å². The summed E-state index contributed by atoms with van der Waals surface area (Å²) in [4.78, 5) is 23.7. The molecule has 0 heterocycles. The maximum Gasteiger partial charge on any atom is 0.338 e. The molecule has 0 N–H and O–H groups in total. The number of carbonyl (C=O) groups is 2. The molecule has 1 atom stereocenters. The molecule has 0 aliphatic rings. The first kappa shape index (κ1) is 19.4. The second kappa shape index (κ2) is 8.82. The zero-order valence-corrected chi connectivity index (χ0v) is 14.7. The highest BCUT2D eigenvalue weighted by atomic mass is 31.1. The van der Waals surface area contributed by atoms with Crippen molar-refractivity contribution in [3.63, 3.8) is 0 Å². The maximum absolute atomic E-state index is 12.0. The Morgan fingerprint density at radius 3 is 1.96 bits per heavy atom. The quantitative estimate of drug-likeness (QED) is 0.406. The van der Waals surface area contributed by atoms with E-state index < -0.39 is 25.9 Å². The van der Waals surface area contributed by atoms with Gasteiger partial charge in [0.2, 0.25) is 5.53 Å². The zero-order valence-electron chi connectivity index (χ0n) is 13.6. The molecule has 0 bridgehead atoms. The van der Waals surface area contributed by atoms with Gasteiger partial charge in [-0.2, -0.15) is 0 Å². The number of esters is 2. The Kier molecular flexibility index (Phi) is 7.42. The average molecular weight is 344 g/mol. The summed E-state index contributed by atoms with van der Waals surface area (Å²) in [7, 11) is 0.906. The lowest BCUT2D eigenvalue weighted by molar-refractivity contribution is -0.176. The van der Waals surface area contributed by atoms with Gasteiger partial charge in [-0.05, 0) is 26.0 Å². The van der Waals surface area contributed by atoms with Crippen molar-refractivity contribution in [1.82, 2.24) is 0 Å². The first-order valence-electron chi connectivity index (χ1n) is 7.05. The second-order valence-corrected chi connectivity index (χ2v) is 5.39. The minimum atomic E-state index is -1.51. The van der Waals surface area contributed by atoms with Crippen molar-refractivity contribution >= 4 is 20.4 Å². The predicted molar refractivity (Wildman–Crippen MR) is 84.4 cm³/mol. The average Bonchev–Trinajstić information content (AvgIpc) is 2.59. The molecule has 0 spiro atoms. The summed E-state index contributed by atoms with van der Waals surface area (Å²) >= 11 is 0. The minimum Gasteiger partial charge on any atom is -0.465 e. The van der Waals surface area contributed by atoms with Crippen LogP contribution in [0.4, 0.5) is 0 Å². The molecule has 0 aliphatic carbocycles. The van der Waals surface area contributed by atoms with Crippen LogP contribution in [-0.2, 0) is 29.0 Å². The van der Waals surface area contributed by atoms with Crippen molar-refractivity contribution in [2.24, 2.45) is 0 Å². The fourth-order valence-electron chi connectivity index (χ4n) is 2.10. The number of carbonyl (C=O) groups excluding carboxylic acids is 2. The van der Waals surface area contributed by atoms with Crippen LogP contribution in [0.1, 0.15) is 40.1 Å². The standard InChI is InChI=1S/C15H21O7P/c1-5-21-15(23-18,22-6-2)10-7-8-11(13(16)19-3)12(9-10)14(17)20-4/h7-9H,5-6,23H2,1-4H3. The second-order valence-electron chi connectivity index (χ2n) is 4.39. The summed E-state index contributed by atoms with van der Waals surface area (Å²) in [5.74, 6) is -1.39. The molecule has 1 unspecified atom stereocenters. The Labute approximate surface area is 136 Å². The van der Waals surface area contributed by atoms with E-state index in [4.69, 9.17) is 14.2 Å². The first-order valence-corrected chi connectivity index (χ1v) is 8.09. The van der Waals surface area contributed by atoms with Crippen LogP contribution in [0.2, 0.25) is 0 Å². The smallest absolute Gasteiger partial charge is 0.338 e. The molecular formula is C15H21O7P. The summed E-state index contributed by atoms with van der Waals surface area (Å²) in [5.41, 5.74) is -1.03. The fraction of sp³-hybridized carbons (Fsp3) is 0.467. The van der Waals surface area contributed by atoms with Gasteiger partial charge in [0.25, 0.3) is 0 Å². The summed E-state index contributed by atoms with van der Waals surface area (Å²) in [5, 5.41) is 0. The Bertz CT molecular complexity index is 579. The minimum absolute atomic E-state index is 0.00604. The molecular weight excluding hydrogens is 323 g/mol. The highest BCUT2D eigenvalue weighted by molar-refractivity contribution is 7.24. The highest BCUT2D eigenvalue weighted by Gasteiger charge is 2.34. The van der Waals surface area contributed by atoms with E-state index in [-0.39, 0.29) is 24.3 Å². The maximum atomic E-state index is 12.0. The molecule has 0 aromatic heterocycles. The van der Waals surface area contributed by atoms with E-state index in [0.29, 0.717) is 5.56 Å². The van der Waals surface area contributed by atoms with Crippen LogP contribution in [0, 0.1) is 0 Å². The van der Waals surface area contributed by atoms with Gasteiger partial charge in [-0.3, -0.25) is 0 Å². The summed E-state index contributed by atoms with van der Waals surface area (Å²) in [6.45, 7) is 4.02. The molecule has 0 fully saturated rings. The lowest BCUT2D eigenvalue weighted by Gasteiger charge is -2.29. The van der Waals surface area contributed by atoms with E-state index in [9.17, 15) is 14.2 Å². The van der Waals surface area contributed by atoms with E-state index in [1.165, 1.54) is 32.4 Å². The van der Waals surface area contributed by atoms with Gasteiger partial charge < -0.3 is 23.5 Å². The number of hydrogen-bond donors (Lipinski definition) is 0. The van der Waals surface area contributed by atoms with Crippen LogP contribution in [0.5, 0.6) is 0 Å². The van der Waals surface area contributed by atoms with Crippen molar-refractivity contribution in [2.75, 3.05) is 27.4 Å². The molecule has 1 rings (SSSR count). The fourth-order valence-corrected chi connectivity index (χ4v) is 2.89. The summed E-state index contributed by atoms with van der Waals surface area (Å²) in [6.07, 6.45) is 0. The third-order valence-corrected chi connectivity index (χ3v) is 4.08. The molecule has 7 nitrogen and oxygen atoms in total. The normalized spacial score (nSPS) is 11.7. The Morgan fingerprint density at radius 2 is 1.52 bits per heavy atom. The lowest BCUT2D eigenvalue weighted by Crippen LogP contribution is -2.28. The number of ether oxygens (including phenoxy) is 4. The van der Waals surface area contributed by atoms with Crippen LogP contribution in [0.25, 0.3) is 0 Å². The van der Waals surface area contributed by atoms with Crippen LogP contribution in [0.15, 0.2) is 18.2 Å². The zero-order chi connectivity index (χ0) is 17.5. The van der Waals surface area contributed by atoms with Crippen molar-refractivity contribution in [3.05, 3.63) is 34.9 Å². The van der Waals surface area contributed by atoms with Crippen molar-refractivity contribution in [1.29, 1.82) is 0 Å². The van der Waals surface area contributed by atoms with Gasteiger partial charge in [0.1, 0.15) is 8.46 Å². The van der Waals surface area contributed by atoms with E-state index in [1.807, 2.05) is 0 Å². The topological polar surface area (TPSA) is 88.1 Å². The van der Waals surface area contributed by atoms with Gasteiger partial charge in [0.05, 0.1) is 25.3 Å². The molecule has 0 amide bonds. The van der Waals surface area contributed by atoms with Gasteiger partial charge in [-0.25, -0.2) is 9.59 Å². The Morgan fingerprint density at radius 1 is 1.00 bits per heavy atom. The molecule has 0 aliphatic heterocycles. The largest absolute Gasteiger partial charge is 0.465 e. The predicted octanol–water partition coefficient (Wildman–Crippen LogP) is 2.20. The summed E-state index contributed by atoms with van der Waals surface area (Å²) in [6, 6.07) is 4.30. The van der Waals surface area contributed by atoms with Crippen molar-refractivity contribution < 1.29 is 33.1 Å². The van der Waals surface area contributed by atoms with Gasteiger partial charge in [0.15, 0.2) is 0 Å². The molecule has 0 saturated carbocycles. The van der Waals surface area contributed by atoms with Crippen LogP contribution in [-0.4, -0.2) is 39.4 Å². The molecule has 0 radical (unpaired) electrons. The van der Waals surface area contributed by atoms with Crippen molar-refractivity contribution in [3.8, 4) is 0 Å². The Balaban J connectivity index is 3.50. The van der Waals surface area contributed by atoms with E-state index in [2.05, 4.69) is 4.74 Å². The molecule has 1 aromatic rings. The number of hydrogen-bond acceptors (Lipinski definition) is 7. The van der Waals surface area contributed by atoms with Crippen LogP contribution >= 0.6 is 8.46 Å². The third-order valence-electron chi connectivity index (χ3n) is 3.11. The van der Waals surface area contributed by atoms with Gasteiger partial charge in [-0.1, -0.05) is 6.07 Å². The van der Waals surface area contributed by atoms with Crippen LogP contribution < -0.4 is 0 Å². The molecule has 128 valence electrons. The van der Waals surface area contributed by atoms with Crippen molar-refractivity contribution in [2.45, 2.75) is 19.4 Å². The molecule has 0 saturated heterocycles. The SMILES string of the molecule is CCOC(OCC)([PH2]=O)c1ccc(C(=O)OC)c(C(=O)OC)c1. The summed E-state index contributed by atoms with van der Waals surface area (Å²) < 4.78 is 32.2. The van der Waals surface area contributed by atoms with E-state index in [0.717, 1.165) is 0 Å². The van der Waals surface area contributed by atoms with Crippen LogP contribution in [0.3, 0.4) is 0 Å². The first-order chi connectivity index (χ1) is 11.0. The lowest BCUT2D eigenvalue weighted by atomic mass is 10.0. The molecule has 23 heavy (non-hydrogen) atoms. The van der Waals surface area contributed by atoms with E-state index in [1.54, 1.807) is 13.8 Å². The van der Waals surface area contributed by atoms with Gasteiger partial charge >= 0.3 is 11.9 Å². The number of benzene rings is 1. The molecule has 1 aromatic carbocycles. The molecule has 8 heteroatoms. The van der Waals surface area contributed by atoms with Gasteiger partial charge in [0, 0.05) is 18.8 Å². The number of rotatable bonds is 8. The third kappa shape index (κ3) is 4.19. The monoisotopic (exact) mass is 344 g/mol. The highest BCUT2D eigenvalue weighted by Crippen LogP contribution is 2.39.